The van der Waals surface area contributed by atoms with E-state index in [4.69, 9.17) is 5.10 Å². The third-order valence-electron chi connectivity index (χ3n) is 6.53. The number of sulfonamides is 1. The second-order valence-corrected chi connectivity index (χ2v) is 12.2. The molecule has 0 aliphatic rings. The number of aromatic nitrogens is 3. The molecule has 9 heteroatoms. The zero-order chi connectivity index (χ0) is 27.1. The van der Waals surface area contributed by atoms with Crippen LogP contribution in [0.3, 0.4) is 0 Å². The van der Waals surface area contributed by atoms with Gasteiger partial charge in [0.15, 0.2) is 5.03 Å². The summed E-state index contributed by atoms with van der Waals surface area (Å²) >= 11 is 0. The van der Waals surface area contributed by atoms with Crippen molar-refractivity contribution in [3.05, 3.63) is 82.2 Å². The van der Waals surface area contributed by atoms with Crippen LogP contribution in [-0.4, -0.2) is 40.4 Å². The molecule has 8 nitrogen and oxygen atoms in total. The Morgan fingerprint density at radius 2 is 1.68 bits per heavy atom. The predicted molar refractivity (Wildman–Crippen MR) is 144 cm³/mol. The molecule has 2 heterocycles. The van der Waals surface area contributed by atoms with E-state index in [0.29, 0.717) is 23.1 Å². The molecule has 0 spiro atoms. The van der Waals surface area contributed by atoms with Crippen molar-refractivity contribution in [2.45, 2.75) is 65.1 Å². The Morgan fingerprint density at radius 3 is 2.30 bits per heavy atom. The molecule has 0 saturated heterocycles. The van der Waals surface area contributed by atoms with Gasteiger partial charge in [0.25, 0.3) is 15.9 Å². The first-order chi connectivity index (χ1) is 17.3. The summed E-state index contributed by atoms with van der Waals surface area (Å²) in [5.41, 5.74) is 5.52. The lowest BCUT2D eigenvalue weighted by molar-refractivity contribution is 0.0971. The van der Waals surface area contributed by atoms with E-state index in [-0.39, 0.29) is 29.3 Å². The number of carbonyl (C=O) groups is 1. The lowest BCUT2D eigenvalue weighted by Gasteiger charge is -2.15. The smallest absolute Gasteiger partial charge is 0.283 e. The first kappa shape index (κ1) is 26.6. The van der Waals surface area contributed by atoms with Crippen LogP contribution >= 0.6 is 0 Å². The van der Waals surface area contributed by atoms with Gasteiger partial charge in [-0.25, -0.2) is 4.72 Å². The Morgan fingerprint density at radius 1 is 1.03 bits per heavy atom. The second-order valence-electron chi connectivity index (χ2n) is 10.6. The van der Waals surface area contributed by atoms with Crippen molar-refractivity contribution in [3.8, 4) is 0 Å². The van der Waals surface area contributed by atoms with E-state index in [1.807, 2.05) is 47.6 Å². The Labute approximate surface area is 218 Å². The number of hydrogen-bond donors (Lipinski definition) is 2. The van der Waals surface area contributed by atoms with Gasteiger partial charge in [-0.2, -0.15) is 13.5 Å². The van der Waals surface area contributed by atoms with Crippen LogP contribution in [0.25, 0.3) is 10.9 Å². The lowest BCUT2D eigenvalue weighted by Crippen LogP contribution is -2.33. The number of nitrogens with zero attached hydrogens (tertiary/aromatic N) is 3. The molecular formula is C28H34N4O4S. The standard InChI is InChI=1S/C28H34N4O4S/c1-18-13-19(2)22(20(3)14-18)17-32-24(16-25(29-32)28(4,5)6)27(34)30-37(35,36)26-15-21-9-7-8-10-23(21)31(26)11-12-33/h7-10,13-16,33H,11-12,17H2,1-6H3,(H,30,34). The molecular weight excluding hydrogens is 488 g/mol. The number of benzene rings is 2. The molecule has 0 aliphatic heterocycles. The minimum absolute atomic E-state index is 0.0794. The van der Waals surface area contributed by atoms with Crippen molar-refractivity contribution in [2.75, 3.05) is 6.61 Å². The fraction of sp³-hybridized carbons (Fsp3) is 0.357. The topological polar surface area (TPSA) is 106 Å². The number of rotatable bonds is 7. The molecule has 4 rings (SSSR count). The minimum Gasteiger partial charge on any atom is -0.395 e. The highest BCUT2D eigenvalue weighted by Crippen LogP contribution is 2.26. The number of fused-ring (bicyclic) bond motifs is 1. The molecule has 2 N–H and O–H groups in total. The quantitative estimate of drug-likeness (QED) is 0.378. The van der Waals surface area contributed by atoms with Crippen LogP contribution in [0, 0.1) is 20.8 Å². The Bertz CT molecular complexity index is 1570. The van der Waals surface area contributed by atoms with Gasteiger partial charge >= 0.3 is 0 Å². The number of hydrogen-bond acceptors (Lipinski definition) is 5. The van der Waals surface area contributed by atoms with Gasteiger partial charge < -0.3 is 9.67 Å². The van der Waals surface area contributed by atoms with Crippen LogP contribution < -0.4 is 4.72 Å². The number of aryl methyl sites for hydroxylation is 3. The molecule has 0 fully saturated rings. The largest absolute Gasteiger partial charge is 0.395 e. The van der Waals surface area contributed by atoms with Gasteiger partial charge in [0, 0.05) is 22.9 Å². The number of carbonyl (C=O) groups excluding carboxylic acids is 1. The maximum atomic E-state index is 13.5. The zero-order valence-electron chi connectivity index (χ0n) is 22.2. The van der Waals surface area contributed by atoms with E-state index in [1.54, 1.807) is 28.9 Å². The van der Waals surface area contributed by atoms with Crippen LogP contribution in [0.1, 0.15) is 59.2 Å². The first-order valence-electron chi connectivity index (χ1n) is 12.2. The van der Waals surface area contributed by atoms with E-state index in [0.717, 1.165) is 22.3 Å². The number of aliphatic hydroxyl groups excluding tert-OH is 1. The molecule has 0 radical (unpaired) electrons. The van der Waals surface area contributed by atoms with Gasteiger partial charge in [0.1, 0.15) is 5.69 Å². The summed E-state index contributed by atoms with van der Waals surface area (Å²) in [7, 11) is -4.25. The molecule has 37 heavy (non-hydrogen) atoms. The van der Waals surface area contributed by atoms with E-state index >= 15 is 0 Å². The summed E-state index contributed by atoms with van der Waals surface area (Å²) in [5, 5.41) is 14.9. The summed E-state index contributed by atoms with van der Waals surface area (Å²) in [6.07, 6.45) is 0. The SMILES string of the molecule is Cc1cc(C)c(Cn2nc(C(C)(C)C)cc2C(=O)NS(=O)(=O)c2cc3ccccc3n2CCO)c(C)c1. The molecule has 2 aromatic carbocycles. The Kier molecular flexibility index (Phi) is 7.05. The summed E-state index contributed by atoms with van der Waals surface area (Å²) < 4.78 is 32.2. The van der Waals surface area contributed by atoms with Crippen LogP contribution in [0.4, 0.5) is 0 Å². The summed E-state index contributed by atoms with van der Waals surface area (Å²) in [6.45, 7) is 12.2. The van der Waals surface area contributed by atoms with Gasteiger partial charge in [-0.1, -0.05) is 56.7 Å². The molecule has 1 amide bonds. The van der Waals surface area contributed by atoms with Crippen molar-refractivity contribution in [1.82, 2.24) is 19.1 Å². The number of para-hydroxylation sites is 1. The van der Waals surface area contributed by atoms with Crippen molar-refractivity contribution >= 4 is 26.8 Å². The average Bonchev–Trinajstić information content (AvgIpc) is 3.39. The van der Waals surface area contributed by atoms with Gasteiger partial charge in [-0.15, -0.1) is 0 Å². The summed E-state index contributed by atoms with van der Waals surface area (Å²) in [5.74, 6) is -0.758. The fourth-order valence-electron chi connectivity index (χ4n) is 4.66. The molecule has 0 aliphatic carbocycles. The van der Waals surface area contributed by atoms with Crippen LogP contribution in [0.2, 0.25) is 0 Å². The van der Waals surface area contributed by atoms with Gasteiger partial charge in [0.05, 0.1) is 18.8 Å². The summed E-state index contributed by atoms with van der Waals surface area (Å²) in [4.78, 5) is 13.5. The Hall–Kier alpha value is -3.43. The van der Waals surface area contributed by atoms with Crippen molar-refractivity contribution in [2.24, 2.45) is 0 Å². The summed E-state index contributed by atoms with van der Waals surface area (Å²) in [6, 6.07) is 14.5. The number of amides is 1. The fourth-order valence-corrected chi connectivity index (χ4v) is 5.88. The first-order valence-corrected chi connectivity index (χ1v) is 13.7. The molecule has 0 unspecified atom stereocenters. The van der Waals surface area contributed by atoms with Crippen LogP contribution in [0.5, 0.6) is 0 Å². The van der Waals surface area contributed by atoms with Crippen molar-refractivity contribution in [3.63, 3.8) is 0 Å². The van der Waals surface area contributed by atoms with Gasteiger partial charge in [0.2, 0.25) is 0 Å². The third kappa shape index (κ3) is 5.33. The third-order valence-corrected chi connectivity index (χ3v) is 7.87. The van der Waals surface area contributed by atoms with Gasteiger partial charge in [-0.3, -0.25) is 9.48 Å². The van der Waals surface area contributed by atoms with Crippen molar-refractivity contribution < 1.29 is 18.3 Å². The molecule has 0 bridgehead atoms. The van der Waals surface area contributed by atoms with E-state index in [1.165, 1.54) is 10.6 Å². The van der Waals surface area contributed by atoms with Gasteiger partial charge in [-0.05, 0) is 55.7 Å². The highest BCUT2D eigenvalue weighted by atomic mass is 32.2. The minimum atomic E-state index is -4.25. The second kappa shape index (κ2) is 9.79. The van der Waals surface area contributed by atoms with Crippen LogP contribution in [0.15, 0.2) is 53.6 Å². The number of nitrogens with one attached hydrogen (secondary N) is 1. The molecule has 0 atom stereocenters. The normalized spacial score (nSPS) is 12.3. The highest BCUT2D eigenvalue weighted by Gasteiger charge is 2.28. The Balaban J connectivity index is 1.75. The highest BCUT2D eigenvalue weighted by molar-refractivity contribution is 7.90. The molecule has 196 valence electrons. The van der Waals surface area contributed by atoms with E-state index in [2.05, 4.69) is 16.9 Å². The maximum absolute atomic E-state index is 13.5. The van der Waals surface area contributed by atoms with Crippen LogP contribution in [-0.2, 0) is 28.5 Å². The average molecular weight is 523 g/mol. The maximum Gasteiger partial charge on any atom is 0.283 e. The lowest BCUT2D eigenvalue weighted by atomic mass is 9.92. The van der Waals surface area contributed by atoms with Crippen molar-refractivity contribution in [1.29, 1.82) is 0 Å². The molecule has 4 aromatic rings. The molecule has 2 aromatic heterocycles. The zero-order valence-corrected chi connectivity index (χ0v) is 23.0. The number of aliphatic hydroxyl groups is 1. The monoisotopic (exact) mass is 522 g/mol. The van der Waals surface area contributed by atoms with E-state index in [9.17, 15) is 18.3 Å². The molecule has 0 saturated carbocycles. The predicted octanol–water partition coefficient (Wildman–Crippen LogP) is 4.22. The van der Waals surface area contributed by atoms with E-state index < -0.39 is 15.9 Å².